The van der Waals surface area contributed by atoms with Crippen LogP contribution in [0.5, 0.6) is 0 Å². The van der Waals surface area contributed by atoms with E-state index in [1.165, 1.54) is 0 Å². The van der Waals surface area contributed by atoms with Crippen molar-refractivity contribution in [2.75, 3.05) is 37.6 Å². The van der Waals surface area contributed by atoms with Crippen LogP contribution in [-0.2, 0) is 4.79 Å². The average molecular weight is 276 g/mol. The van der Waals surface area contributed by atoms with Crippen molar-refractivity contribution in [3.63, 3.8) is 0 Å². The van der Waals surface area contributed by atoms with E-state index in [1.54, 1.807) is 0 Å². The lowest BCUT2D eigenvalue weighted by atomic mass is 10.2. The van der Waals surface area contributed by atoms with Crippen molar-refractivity contribution in [2.24, 2.45) is 0 Å². The standard InChI is InChI=1S/C15H24N4O/c1-3-16-13(2)12-15(20)19-10-8-18(9-11-19)14-6-4-5-7-17-14/h4-7,13,16H,3,8-12H2,1-2H3. The molecule has 1 aromatic heterocycles. The molecule has 1 fully saturated rings. The Morgan fingerprint density at radius 2 is 2.10 bits per heavy atom. The Morgan fingerprint density at radius 3 is 2.70 bits per heavy atom. The van der Waals surface area contributed by atoms with Crippen molar-refractivity contribution in [1.29, 1.82) is 0 Å². The molecule has 1 aliphatic rings. The number of piperazine rings is 1. The van der Waals surface area contributed by atoms with E-state index in [1.807, 2.05) is 29.3 Å². The number of anilines is 1. The van der Waals surface area contributed by atoms with E-state index in [0.29, 0.717) is 6.42 Å². The zero-order valence-corrected chi connectivity index (χ0v) is 12.4. The molecule has 0 aliphatic carbocycles. The first-order valence-electron chi connectivity index (χ1n) is 7.38. The molecular formula is C15H24N4O. The first-order chi connectivity index (χ1) is 9.70. The Hall–Kier alpha value is -1.62. The van der Waals surface area contributed by atoms with Crippen molar-refractivity contribution in [2.45, 2.75) is 26.3 Å². The number of hydrogen-bond acceptors (Lipinski definition) is 4. The van der Waals surface area contributed by atoms with Crippen LogP contribution in [0.3, 0.4) is 0 Å². The van der Waals surface area contributed by atoms with Gasteiger partial charge in [-0.25, -0.2) is 4.98 Å². The van der Waals surface area contributed by atoms with Crippen LogP contribution in [0.2, 0.25) is 0 Å². The summed E-state index contributed by atoms with van der Waals surface area (Å²) >= 11 is 0. The number of amides is 1. The molecule has 1 N–H and O–H groups in total. The third kappa shape index (κ3) is 3.93. The van der Waals surface area contributed by atoms with Crippen molar-refractivity contribution < 1.29 is 4.79 Å². The van der Waals surface area contributed by atoms with E-state index in [-0.39, 0.29) is 11.9 Å². The molecule has 0 spiro atoms. The molecule has 1 aromatic rings. The molecular weight excluding hydrogens is 252 g/mol. The fourth-order valence-electron chi connectivity index (χ4n) is 2.54. The number of rotatable bonds is 5. The predicted molar refractivity (Wildman–Crippen MR) is 80.8 cm³/mol. The fraction of sp³-hybridized carbons (Fsp3) is 0.600. The predicted octanol–water partition coefficient (Wildman–Crippen LogP) is 1.12. The van der Waals surface area contributed by atoms with E-state index in [4.69, 9.17) is 0 Å². The summed E-state index contributed by atoms with van der Waals surface area (Å²) in [6.45, 7) is 8.32. The molecule has 1 aliphatic heterocycles. The van der Waals surface area contributed by atoms with Crippen LogP contribution in [0.15, 0.2) is 24.4 Å². The summed E-state index contributed by atoms with van der Waals surface area (Å²) in [5.74, 6) is 1.25. The third-order valence-corrected chi connectivity index (χ3v) is 3.64. The van der Waals surface area contributed by atoms with Crippen LogP contribution in [0, 0.1) is 0 Å². The first kappa shape index (κ1) is 14.8. The number of carbonyl (C=O) groups excluding carboxylic acids is 1. The average Bonchev–Trinajstić information content (AvgIpc) is 2.48. The van der Waals surface area contributed by atoms with E-state index in [0.717, 1.165) is 38.5 Å². The van der Waals surface area contributed by atoms with E-state index < -0.39 is 0 Å². The maximum absolute atomic E-state index is 12.2. The van der Waals surface area contributed by atoms with Gasteiger partial charge in [-0.05, 0) is 25.6 Å². The van der Waals surface area contributed by atoms with Gasteiger partial charge in [0.15, 0.2) is 0 Å². The monoisotopic (exact) mass is 276 g/mol. The van der Waals surface area contributed by atoms with Gasteiger partial charge in [-0.15, -0.1) is 0 Å². The Bertz CT molecular complexity index is 415. The molecule has 0 aromatic carbocycles. The van der Waals surface area contributed by atoms with Crippen molar-refractivity contribution in [3.05, 3.63) is 24.4 Å². The van der Waals surface area contributed by atoms with Crippen molar-refractivity contribution >= 4 is 11.7 Å². The zero-order valence-electron chi connectivity index (χ0n) is 12.4. The highest BCUT2D eigenvalue weighted by molar-refractivity contribution is 5.77. The highest BCUT2D eigenvalue weighted by Gasteiger charge is 2.22. The molecule has 0 saturated carbocycles. The second-order valence-electron chi connectivity index (χ2n) is 5.22. The first-order valence-corrected chi connectivity index (χ1v) is 7.38. The number of nitrogens with zero attached hydrogens (tertiary/aromatic N) is 3. The van der Waals surface area contributed by atoms with Crippen LogP contribution in [0.1, 0.15) is 20.3 Å². The Kier molecular flexibility index (Phi) is 5.35. The molecule has 1 atom stereocenters. The minimum absolute atomic E-state index is 0.249. The molecule has 1 amide bonds. The van der Waals surface area contributed by atoms with Gasteiger partial charge in [0.05, 0.1) is 0 Å². The normalized spacial score (nSPS) is 17.1. The topological polar surface area (TPSA) is 48.5 Å². The minimum Gasteiger partial charge on any atom is -0.353 e. The molecule has 2 rings (SSSR count). The van der Waals surface area contributed by atoms with E-state index in [9.17, 15) is 4.79 Å². The molecule has 1 saturated heterocycles. The van der Waals surface area contributed by atoms with Gasteiger partial charge < -0.3 is 15.1 Å². The molecule has 5 heteroatoms. The number of nitrogens with one attached hydrogen (secondary N) is 1. The number of aromatic nitrogens is 1. The number of hydrogen-bond donors (Lipinski definition) is 1. The van der Waals surface area contributed by atoms with Gasteiger partial charge in [0.25, 0.3) is 0 Å². The summed E-state index contributed by atoms with van der Waals surface area (Å²) in [5.41, 5.74) is 0. The van der Waals surface area contributed by atoms with Gasteiger partial charge in [-0.2, -0.15) is 0 Å². The second kappa shape index (κ2) is 7.24. The highest BCUT2D eigenvalue weighted by Crippen LogP contribution is 2.13. The summed E-state index contributed by atoms with van der Waals surface area (Å²) in [6.07, 6.45) is 2.39. The molecule has 0 radical (unpaired) electrons. The van der Waals surface area contributed by atoms with Crippen LogP contribution >= 0.6 is 0 Å². The summed E-state index contributed by atoms with van der Waals surface area (Å²) in [7, 11) is 0. The molecule has 2 heterocycles. The SMILES string of the molecule is CCNC(C)CC(=O)N1CCN(c2ccccn2)CC1. The lowest BCUT2D eigenvalue weighted by Gasteiger charge is -2.35. The molecule has 5 nitrogen and oxygen atoms in total. The molecule has 20 heavy (non-hydrogen) atoms. The lowest BCUT2D eigenvalue weighted by Crippen LogP contribution is -2.50. The summed E-state index contributed by atoms with van der Waals surface area (Å²) in [6, 6.07) is 6.19. The van der Waals surface area contributed by atoms with Crippen LogP contribution in [0.4, 0.5) is 5.82 Å². The zero-order chi connectivity index (χ0) is 14.4. The fourth-order valence-corrected chi connectivity index (χ4v) is 2.54. The summed E-state index contributed by atoms with van der Waals surface area (Å²) in [4.78, 5) is 20.7. The third-order valence-electron chi connectivity index (χ3n) is 3.64. The van der Waals surface area contributed by atoms with Crippen LogP contribution < -0.4 is 10.2 Å². The highest BCUT2D eigenvalue weighted by atomic mass is 16.2. The Labute approximate surface area is 121 Å². The number of carbonyl (C=O) groups is 1. The van der Waals surface area contributed by atoms with Gasteiger partial charge in [0.2, 0.25) is 5.91 Å². The second-order valence-corrected chi connectivity index (χ2v) is 5.22. The Morgan fingerprint density at radius 1 is 1.35 bits per heavy atom. The van der Waals surface area contributed by atoms with Crippen LogP contribution in [0.25, 0.3) is 0 Å². The van der Waals surface area contributed by atoms with Gasteiger partial charge >= 0.3 is 0 Å². The smallest absolute Gasteiger partial charge is 0.224 e. The molecule has 1 unspecified atom stereocenters. The van der Waals surface area contributed by atoms with E-state index >= 15 is 0 Å². The molecule has 110 valence electrons. The van der Waals surface area contributed by atoms with E-state index in [2.05, 4.69) is 29.0 Å². The van der Waals surface area contributed by atoms with Crippen molar-refractivity contribution in [3.8, 4) is 0 Å². The lowest BCUT2D eigenvalue weighted by molar-refractivity contribution is -0.131. The quantitative estimate of drug-likeness (QED) is 0.875. The van der Waals surface area contributed by atoms with Gasteiger partial charge in [-0.1, -0.05) is 13.0 Å². The van der Waals surface area contributed by atoms with Crippen LogP contribution in [-0.4, -0.2) is 54.6 Å². The summed E-state index contributed by atoms with van der Waals surface area (Å²) < 4.78 is 0. The Balaban J connectivity index is 1.80. The van der Waals surface area contributed by atoms with Gasteiger partial charge in [0.1, 0.15) is 5.82 Å². The largest absolute Gasteiger partial charge is 0.353 e. The number of pyridine rings is 1. The summed E-state index contributed by atoms with van der Waals surface area (Å²) in [5, 5.41) is 3.28. The maximum atomic E-state index is 12.2. The maximum Gasteiger partial charge on any atom is 0.224 e. The van der Waals surface area contributed by atoms with Crippen molar-refractivity contribution in [1.82, 2.24) is 15.2 Å². The molecule has 0 bridgehead atoms. The van der Waals surface area contributed by atoms with Gasteiger partial charge in [0, 0.05) is 44.8 Å². The van der Waals surface area contributed by atoms with Gasteiger partial charge in [-0.3, -0.25) is 4.79 Å². The minimum atomic E-state index is 0.249.